The monoisotopic (exact) mass is 314 g/mol. The molecule has 0 saturated carbocycles. The number of hydrogen-bond acceptors (Lipinski definition) is 3. The first-order valence-corrected chi connectivity index (χ1v) is 7.08. The SMILES string of the molecule is Cc1cccc(OCCC(=O)NC(C)(CN)C(C)C)c1.Cl. The molecule has 1 unspecified atom stereocenters. The van der Waals surface area contributed by atoms with E-state index in [1.165, 1.54) is 0 Å². The molecule has 0 bridgehead atoms. The summed E-state index contributed by atoms with van der Waals surface area (Å²) in [7, 11) is 0. The van der Waals surface area contributed by atoms with Gasteiger partial charge in [-0.25, -0.2) is 0 Å². The molecule has 0 aromatic heterocycles. The smallest absolute Gasteiger partial charge is 0.223 e. The van der Waals surface area contributed by atoms with E-state index in [0.717, 1.165) is 11.3 Å². The molecule has 1 aromatic carbocycles. The number of rotatable bonds is 7. The van der Waals surface area contributed by atoms with Gasteiger partial charge in [-0.1, -0.05) is 26.0 Å². The summed E-state index contributed by atoms with van der Waals surface area (Å²) in [5.41, 5.74) is 6.53. The zero-order valence-corrected chi connectivity index (χ0v) is 14.1. The molecule has 0 aliphatic rings. The van der Waals surface area contributed by atoms with Crippen LogP contribution in [0.5, 0.6) is 5.75 Å². The Labute approximate surface area is 133 Å². The Bertz CT molecular complexity index is 452. The molecule has 1 rings (SSSR count). The number of ether oxygens (including phenoxy) is 1. The van der Waals surface area contributed by atoms with Gasteiger partial charge < -0.3 is 15.8 Å². The van der Waals surface area contributed by atoms with Crippen molar-refractivity contribution in [3.8, 4) is 5.75 Å². The van der Waals surface area contributed by atoms with Crippen LogP contribution in [0.3, 0.4) is 0 Å². The highest BCUT2D eigenvalue weighted by atomic mass is 35.5. The molecule has 0 spiro atoms. The van der Waals surface area contributed by atoms with E-state index in [1.54, 1.807) is 0 Å². The quantitative estimate of drug-likeness (QED) is 0.813. The summed E-state index contributed by atoms with van der Waals surface area (Å²) in [6.07, 6.45) is 0.330. The molecule has 0 fully saturated rings. The lowest BCUT2D eigenvalue weighted by Crippen LogP contribution is -2.55. The minimum atomic E-state index is -0.361. The Balaban J connectivity index is 0.00000400. The van der Waals surface area contributed by atoms with Gasteiger partial charge in [-0.3, -0.25) is 4.79 Å². The third kappa shape index (κ3) is 6.36. The van der Waals surface area contributed by atoms with E-state index in [1.807, 2.05) is 38.1 Å². The molecule has 3 N–H and O–H groups in total. The van der Waals surface area contributed by atoms with Gasteiger partial charge in [0.05, 0.1) is 18.6 Å². The van der Waals surface area contributed by atoms with Crippen molar-refractivity contribution in [1.82, 2.24) is 5.32 Å². The van der Waals surface area contributed by atoms with E-state index in [9.17, 15) is 4.79 Å². The molecule has 120 valence electrons. The second-order valence-corrected chi connectivity index (χ2v) is 5.74. The maximum Gasteiger partial charge on any atom is 0.223 e. The summed E-state index contributed by atoms with van der Waals surface area (Å²) in [4.78, 5) is 11.9. The first-order valence-electron chi connectivity index (χ1n) is 7.08. The summed E-state index contributed by atoms with van der Waals surface area (Å²) in [6, 6.07) is 7.79. The van der Waals surface area contributed by atoms with Gasteiger partial charge in [0, 0.05) is 6.54 Å². The van der Waals surface area contributed by atoms with E-state index in [2.05, 4.69) is 19.2 Å². The standard InChI is InChI=1S/C16H26N2O2.ClH/c1-12(2)16(4,11-17)18-15(19)8-9-20-14-7-5-6-13(3)10-14;/h5-7,10,12H,8-9,11,17H2,1-4H3,(H,18,19);1H. The normalized spacial score (nSPS) is 13.2. The molecule has 5 heteroatoms. The highest BCUT2D eigenvalue weighted by molar-refractivity contribution is 5.85. The van der Waals surface area contributed by atoms with Crippen LogP contribution in [0.1, 0.15) is 32.8 Å². The maximum atomic E-state index is 11.9. The van der Waals surface area contributed by atoms with Gasteiger partial charge in [-0.05, 0) is 37.5 Å². The van der Waals surface area contributed by atoms with E-state index < -0.39 is 0 Å². The molecule has 21 heavy (non-hydrogen) atoms. The summed E-state index contributed by atoms with van der Waals surface area (Å²) >= 11 is 0. The number of benzene rings is 1. The van der Waals surface area contributed by atoms with Crippen molar-refractivity contribution in [2.45, 2.75) is 39.7 Å². The highest BCUT2D eigenvalue weighted by Gasteiger charge is 2.28. The van der Waals surface area contributed by atoms with E-state index >= 15 is 0 Å². The van der Waals surface area contributed by atoms with Crippen LogP contribution < -0.4 is 15.8 Å². The van der Waals surface area contributed by atoms with Crippen molar-refractivity contribution in [3.05, 3.63) is 29.8 Å². The Hall–Kier alpha value is -1.26. The lowest BCUT2D eigenvalue weighted by atomic mass is 9.88. The lowest BCUT2D eigenvalue weighted by molar-refractivity contribution is -0.123. The minimum absolute atomic E-state index is 0. The molecular formula is C16H27ClN2O2. The Morgan fingerprint density at radius 3 is 2.62 bits per heavy atom. The number of aryl methyl sites for hydroxylation is 1. The number of carbonyl (C=O) groups excluding carboxylic acids is 1. The number of hydrogen-bond donors (Lipinski definition) is 2. The second-order valence-electron chi connectivity index (χ2n) is 5.74. The molecule has 0 saturated heterocycles. The number of nitrogens with one attached hydrogen (secondary N) is 1. The fourth-order valence-electron chi connectivity index (χ4n) is 1.78. The third-order valence-electron chi connectivity index (χ3n) is 3.71. The molecule has 0 heterocycles. The molecule has 4 nitrogen and oxygen atoms in total. The van der Waals surface area contributed by atoms with Crippen LogP contribution >= 0.6 is 12.4 Å². The average Bonchev–Trinajstić information content (AvgIpc) is 2.38. The Morgan fingerprint density at radius 1 is 1.43 bits per heavy atom. The lowest BCUT2D eigenvalue weighted by Gasteiger charge is -2.33. The van der Waals surface area contributed by atoms with Gasteiger partial charge in [-0.2, -0.15) is 0 Å². The molecule has 1 amide bonds. The zero-order valence-electron chi connectivity index (χ0n) is 13.3. The topological polar surface area (TPSA) is 64.3 Å². The fraction of sp³-hybridized carbons (Fsp3) is 0.562. The number of nitrogens with two attached hydrogens (primary N) is 1. The van der Waals surface area contributed by atoms with Crippen molar-refractivity contribution in [2.24, 2.45) is 11.7 Å². The van der Waals surface area contributed by atoms with Gasteiger partial charge in [0.1, 0.15) is 5.75 Å². The summed E-state index contributed by atoms with van der Waals surface area (Å²) in [5.74, 6) is 1.05. The predicted octanol–water partition coefficient (Wildman–Crippen LogP) is 2.68. The number of halogens is 1. The Morgan fingerprint density at radius 2 is 2.10 bits per heavy atom. The van der Waals surface area contributed by atoms with Crippen LogP contribution in [0, 0.1) is 12.8 Å². The van der Waals surface area contributed by atoms with Crippen LogP contribution in [-0.4, -0.2) is 24.6 Å². The molecular weight excluding hydrogens is 288 g/mol. The molecule has 0 aliphatic carbocycles. The van der Waals surface area contributed by atoms with Gasteiger partial charge in [0.25, 0.3) is 0 Å². The van der Waals surface area contributed by atoms with Crippen LogP contribution in [0.4, 0.5) is 0 Å². The zero-order chi connectivity index (χ0) is 15.2. The molecule has 0 aliphatic heterocycles. The van der Waals surface area contributed by atoms with E-state index in [4.69, 9.17) is 10.5 Å². The van der Waals surface area contributed by atoms with Gasteiger partial charge in [0.2, 0.25) is 5.91 Å². The van der Waals surface area contributed by atoms with Gasteiger partial charge >= 0.3 is 0 Å². The first-order chi connectivity index (χ1) is 9.37. The van der Waals surface area contributed by atoms with Crippen LogP contribution in [0.25, 0.3) is 0 Å². The summed E-state index contributed by atoms with van der Waals surface area (Å²) in [6.45, 7) is 8.88. The fourth-order valence-corrected chi connectivity index (χ4v) is 1.78. The minimum Gasteiger partial charge on any atom is -0.493 e. The predicted molar refractivity (Wildman–Crippen MR) is 89.0 cm³/mol. The number of amides is 1. The average molecular weight is 315 g/mol. The maximum absolute atomic E-state index is 11.9. The van der Waals surface area contributed by atoms with Crippen molar-refractivity contribution in [2.75, 3.05) is 13.2 Å². The number of carbonyl (C=O) groups is 1. The second kappa shape index (κ2) is 8.90. The van der Waals surface area contributed by atoms with E-state index in [0.29, 0.717) is 19.6 Å². The van der Waals surface area contributed by atoms with Gasteiger partial charge in [-0.15, -0.1) is 12.4 Å². The van der Waals surface area contributed by atoms with Crippen molar-refractivity contribution >= 4 is 18.3 Å². The van der Waals surface area contributed by atoms with Crippen molar-refractivity contribution in [1.29, 1.82) is 0 Å². The highest BCUT2D eigenvalue weighted by Crippen LogP contribution is 2.15. The summed E-state index contributed by atoms with van der Waals surface area (Å²) < 4.78 is 5.57. The third-order valence-corrected chi connectivity index (χ3v) is 3.71. The molecule has 0 radical (unpaired) electrons. The van der Waals surface area contributed by atoms with Crippen molar-refractivity contribution in [3.63, 3.8) is 0 Å². The van der Waals surface area contributed by atoms with Crippen LogP contribution in [0.15, 0.2) is 24.3 Å². The van der Waals surface area contributed by atoms with Gasteiger partial charge in [0.15, 0.2) is 0 Å². The van der Waals surface area contributed by atoms with E-state index in [-0.39, 0.29) is 29.8 Å². The molecule has 1 aromatic rings. The van der Waals surface area contributed by atoms with Crippen molar-refractivity contribution < 1.29 is 9.53 Å². The Kier molecular flexibility index (Phi) is 8.37. The summed E-state index contributed by atoms with van der Waals surface area (Å²) in [5, 5.41) is 3.00. The van der Waals surface area contributed by atoms with Crippen LogP contribution in [-0.2, 0) is 4.79 Å². The largest absolute Gasteiger partial charge is 0.493 e. The molecule has 1 atom stereocenters. The van der Waals surface area contributed by atoms with Crippen LogP contribution in [0.2, 0.25) is 0 Å². The first kappa shape index (κ1) is 19.7.